The van der Waals surface area contributed by atoms with E-state index in [4.69, 9.17) is 0 Å². The Morgan fingerprint density at radius 1 is 1.05 bits per heavy atom. The van der Waals surface area contributed by atoms with Crippen LogP contribution in [-0.4, -0.2) is 10.1 Å². The molecule has 0 bridgehead atoms. The number of hydrogen-bond donors (Lipinski definition) is 2. The predicted molar refractivity (Wildman–Crippen MR) is 92.6 cm³/mol. The van der Waals surface area contributed by atoms with Gasteiger partial charge in [0.15, 0.2) is 0 Å². The lowest BCUT2D eigenvalue weighted by molar-refractivity contribution is 0.468. The molecule has 0 saturated carbocycles. The van der Waals surface area contributed by atoms with Crippen molar-refractivity contribution in [3.63, 3.8) is 0 Å². The zero-order chi connectivity index (χ0) is 14.8. The Hall–Kier alpha value is -1.59. The number of aromatic nitrogens is 1. The third kappa shape index (κ3) is 3.04. The molecule has 3 nitrogen and oxygen atoms in total. The SMILES string of the molecule is Oc1c(Br)cc(CNc2cccc3ncccc23)cc1Br. The smallest absolute Gasteiger partial charge is 0.143 e. The van der Waals surface area contributed by atoms with Crippen molar-refractivity contribution in [2.24, 2.45) is 0 Å². The summed E-state index contributed by atoms with van der Waals surface area (Å²) >= 11 is 6.69. The van der Waals surface area contributed by atoms with Gasteiger partial charge in [-0.2, -0.15) is 0 Å². The molecule has 5 heteroatoms. The van der Waals surface area contributed by atoms with Crippen LogP contribution in [0.4, 0.5) is 5.69 Å². The van der Waals surface area contributed by atoms with Crippen LogP contribution in [0.1, 0.15) is 5.56 Å². The summed E-state index contributed by atoms with van der Waals surface area (Å²) in [6, 6.07) is 13.8. The topological polar surface area (TPSA) is 45.1 Å². The lowest BCUT2D eigenvalue weighted by atomic mass is 10.1. The third-order valence-electron chi connectivity index (χ3n) is 3.21. The highest BCUT2D eigenvalue weighted by Gasteiger charge is 2.06. The first kappa shape index (κ1) is 14.4. The Bertz CT molecular complexity index is 777. The quantitative estimate of drug-likeness (QED) is 0.636. The number of halogens is 2. The van der Waals surface area contributed by atoms with E-state index in [1.165, 1.54) is 0 Å². The van der Waals surface area contributed by atoms with Gasteiger partial charge >= 0.3 is 0 Å². The molecule has 2 N–H and O–H groups in total. The lowest BCUT2D eigenvalue weighted by Gasteiger charge is -2.11. The maximum Gasteiger partial charge on any atom is 0.143 e. The molecule has 3 aromatic rings. The zero-order valence-electron chi connectivity index (χ0n) is 11.0. The Morgan fingerprint density at radius 3 is 2.57 bits per heavy atom. The normalized spacial score (nSPS) is 10.8. The summed E-state index contributed by atoms with van der Waals surface area (Å²) in [5.74, 6) is 0.216. The van der Waals surface area contributed by atoms with E-state index in [0.29, 0.717) is 15.5 Å². The molecule has 106 valence electrons. The first-order valence-corrected chi connectivity index (χ1v) is 7.98. The van der Waals surface area contributed by atoms with Gasteiger partial charge in [-0.25, -0.2) is 0 Å². The maximum absolute atomic E-state index is 9.73. The molecule has 0 unspecified atom stereocenters. The number of aromatic hydroxyl groups is 1. The van der Waals surface area contributed by atoms with Crippen LogP contribution in [0.15, 0.2) is 57.6 Å². The van der Waals surface area contributed by atoms with Gasteiger partial charge in [-0.3, -0.25) is 4.98 Å². The molecule has 0 saturated heterocycles. The standard InChI is InChI=1S/C16H12Br2N2O/c17-12-7-10(8-13(18)16(12)21)9-20-15-5-1-4-14-11(15)3-2-6-19-14/h1-8,20-21H,9H2. The van der Waals surface area contributed by atoms with Gasteiger partial charge in [-0.15, -0.1) is 0 Å². The minimum atomic E-state index is 0.216. The van der Waals surface area contributed by atoms with E-state index in [2.05, 4.69) is 42.2 Å². The first-order valence-electron chi connectivity index (χ1n) is 6.39. The van der Waals surface area contributed by atoms with E-state index < -0.39 is 0 Å². The molecule has 0 atom stereocenters. The van der Waals surface area contributed by atoms with Gasteiger partial charge in [0.1, 0.15) is 5.75 Å². The number of fused-ring (bicyclic) bond motifs is 1. The molecule has 1 heterocycles. The van der Waals surface area contributed by atoms with Crippen molar-refractivity contribution in [1.29, 1.82) is 0 Å². The van der Waals surface area contributed by atoms with Crippen molar-refractivity contribution >= 4 is 48.5 Å². The number of phenols is 1. The molecule has 3 rings (SSSR count). The number of nitrogens with one attached hydrogen (secondary N) is 1. The number of phenolic OH excluding ortho intramolecular Hbond substituents is 1. The molecule has 0 fully saturated rings. The van der Waals surface area contributed by atoms with Crippen molar-refractivity contribution in [2.75, 3.05) is 5.32 Å². The van der Waals surface area contributed by atoms with E-state index >= 15 is 0 Å². The molecular formula is C16H12Br2N2O. The number of hydrogen-bond acceptors (Lipinski definition) is 3. The van der Waals surface area contributed by atoms with Crippen LogP contribution >= 0.6 is 31.9 Å². The molecule has 0 aliphatic carbocycles. The summed E-state index contributed by atoms with van der Waals surface area (Å²) in [7, 11) is 0. The molecule has 1 aromatic heterocycles. The lowest BCUT2D eigenvalue weighted by Crippen LogP contribution is -2.00. The molecule has 0 aliphatic heterocycles. The molecule has 0 spiro atoms. The van der Waals surface area contributed by atoms with Crippen LogP contribution < -0.4 is 5.32 Å². The first-order chi connectivity index (χ1) is 10.1. The Balaban J connectivity index is 1.87. The van der Waals surface area contributed by atoms with Crippen LogP contribution in [0.25, 0.3) is 10.9 Å². The van der Waals surface area contributed by atoms with Crippen LogP contribution in [0.3, 0.4) is 0 Å². The van der Waals surface area contributed by atoms with Gasteiger partial charge in [0.2, 0.25) is 0 Å². The average molecular weight is 408 g/mol. The Kier molecular flexibility index (Phi) is 4.12. The van der Waals surface area contributed by atoms with Gasteiger partial charge in [0.05, 0.1) is 14.5 Å². The Morgan fingerprint density at radius 2 is 1.81 bits per heavy atom. The predicted octanol–water partition coefficient (Wildman–Crippen LogP) is 5.08. The van der Waals surface area contributed by atoms with Crippen molar-refractivity contribution < 1.29 is 5.11 Å². The summed E-state index contributed by atoms with van der Waals surface area (Å²) in [4.78, 5) is 4.35. The number of rotatable bonds is 3. The van der Waals surface area contributed by atoms with Gasteiger partial charge in [-0.1, -0.05) is 6.07 Å². The van der Waals surface area contributed by atoms with Gasteiger partial charge < -0.3 is 10.4 Å². The number of nitrogens with zero attached hydrogens (tertiary/aromatic N) is 1. The fourth-order valence-electron chi connectivity index (χ4n) is 2.17. The summed E-state index contributed by atoms with van der Waals surface area (Å²) in [6.07, 6.45) is 1.79. The second-order valence-corrected chi connectivity index (χ2v) is 6.35. The molecule has 0 amide bonds. The summed E-state index contributed by atoms with van der Waals surface area (Å²) in [5.41, 5.74) is 3.07. The van der Waals surface area contributed by atoms with Crippen LogP contribution in [-0.2, 0) is 6.54 Å². The third-order valence-corrected chi connectivity index (χ3v) is 4.41. The van der Waals surface area contributed by atoms with E-state index in [1.807, 2.05) is 42.5 Å². The van der Waals surface area contributed by atoms with Gasteiger partial charge in [0.25, 0.3) is 0 Å². The largest absolute Gasteiger partial charge is 0.506 e. The van der Waals surface area contributed by atoms with Gasteiger partial charge in [0, 0.05) is 23.8 Å². The second-order valence-electron chi connectivity index (χ2n) is 4.64. The molecule has 0 radical (unpaired) electrons. The Labute approximate surface area is 139 Å². The van der Waals surface area contributed by atoms with Crippen molar-refractivity contribution in [3.8, 4) is 5.75 Å². The average Bonchev–Trinajstić information content (AvgIpc) is 2.50. The fraction of sp³-hybridized carbons (Fsp3) is 0.0625. The summed E-state index contributed by atoms with van der Waals surface area (Å²) in [5, 5.41) is 14.2. The minimum absolute atomic E-state index is 0.216. The molecule has 2 aromatic carbocycles. The highest BCUT2D eigenvalue weighted by molar-refractivity contribution is 9.11. The van der Waals surface area contributed by atoms with Crippen molar-refractivity contribution in [2.45, 2.75) is 6.54 Å². The van der Waals surface area contributed by atoms with E-state index in [-0.39, 0.29) is 5.75 Å². The number of anilines is 1. The second kappa shape index (κ2) is 6.03. The van der Waals surface area contributed by atoms with Crippen molar-refractivity contribution in [3.05, 3.63) is 63.2 Å². The van der Waals surface area contributed by atoms with Crippen molar-refractivity contribution in [1.82, 2.24) is 4.98 Å². The highest BCUT2D eigenvalue weighted by atomic mass is 79.9. The summed E-state index contributed by atoms with van der Waals surface area (Å²) in [6.45, 7) is 0.658. The van der Waals surface area contributed by atoms with E-state index in [9.17, 15) is 5.11 Å². The maximum atomic E-state index is 9.73. The van der Waals surface area contributed by atoms with E-state index in [0.717, 1.165) is 22.2 Å². The van der Waals surface area contributed by atoms with Crippen LogP contribution in [0.5, 0.6) is 5.75 Å². The molecular weight excluding hydrogens is 396 g/mol. The highest BCUT2D eigenvalue weighted by Crippen LogP contribution is 2.33. The van der Waals surface area contributed by atoms with Crippen LogP contribution in [0, 0.1) is 0 Å². The van der Waals surface area contributed by atoms with Crippen LogP contribution in [0.2, 0.25) is 0 Å². The zero-order valence-corrected chi connectivity index (χ0v) is 14.1. The monoisotopic (exact) mass is 406 g/mol. The number of benzene rings is 2. The molecule has 0 aliphatic rings. The fourth-order valence-corrected chi connectivity index (χ4v) is 3.46. The molecule has 21 heavy (non-hydrogen) atoms. The van der Waals surface area contributed by atoms with Gasteiger partial charge in [-0.05, 0) is 73.8 Å². The minimum Gasteiger partial charge on any atom is -0.506 e. The summed E-state index contributed by atoms with van der Waals surface area (Å²) < 4.78 is 1.35. The van der Waals surface area contributed by atoms with E-state index in [1.54, 1.807) is 6.20 Å². The number of pyridine rings is 1.